The number of hydrogen-bond acceptors (Lipinski definition) is 2. The Bertz CT molecular complexity index is 202. The molecule has 0 rings (SSSR count). The van der Waals surface area contributed by atoms with E-state index in [1.54, 1.807) is 6.92 Å². The molecule has 0 heterocycles. The van der Waals surface area contributed by atoms with Crippen molar-refractivity contribution in [1.82, 2.24) is 10.2 Å². The van der Waals surface area contributed by atoms with E-state index < -0.39 is 12.7 Å². The Morgan fingerprint density at radius 1 is 1.25 bits per heavy atom. The molecule has 98 valence electrons. The number of halogens is 3. The second kappa shape index (κ2) is 5.87. The fourth-order valence-corrected chi connectivity index (χ4v) is 1.14. The molecule has 0 bridgehead atoms. The molecule has 0 aromatic rings. The Morgan fingerprint density at radius 2 is 1.75 bits per heavy atom. The van der Waals surface area contributed by atoms with Gasteiger partial charge < -0.3 is 5.32 Å². The molecular weight excluding hydrogens is 217 g/mol. The van der Waals surface area contributed by atoms with Crippen molar-refractivity contribution >= 4 is 0 Å². The molecule has 0 radical (unpaired) electrons. The van der Waals surface area contributed by atoms with Gasteiger partial charge in [0.15, 0.2) is 0 Å². The summed E-state index contributed by atoms with van der Waals surface area (Å²) in [4.78, 5) is 1.32. The zero-order valence-corrected chi connectivity index (χ0v) is 10.8. The highest BCUT2D eigenvalue weighted by Gasteiger charge is 2.31. The summed E-state index contributed by atoms with van der Waals surface area (Å²) in [7, 11) is 1.50. The molecule has 5 heteroatoms. The Hall–Kier alpha value is -0.290. The predicted molar refractivity (Wildman–Crippen MR) is 60.5 cm³/mol. The van der Waals surface area contributed by atoms with Crippen LogP contribution in [0.4, 0.5) is 13.2 Å². The molecular formula is C11H23F3N2. The summed E-state index contributed by atoms with van der Waals surface area (Å²) < 4.78 is 36.4. The smallest absolute Gasteiger partial charge is 0.310 e. The van der Waals surface area contributed by atoms with Crippen molar-refractivity contribution in [3.8, 4) is 0 Å². The summed E-state index contributed by atoms with van der Waals surface area (Å²) >= 11 is 0. The van der Waals surface area contributed by atoms with Crippen molar-refractivity contribution in [3.05, 3.63) is 0 Å². The third-order valence-corrected chi connectivity index (χ3v) is 2.94. The van der Waals surface area contributed by atoms with Crippen molar-refractivity contribution in [1.29, 1.82) is 0 Å². The molecule has 0 aromatic carbocycles. The molecule has 16 heavy (non-hydrogen) atoms. The Balaban J connectivity index is 4.02. The maximum Gasteiger partial charge on any atom is 0.401 e. The molecule has 0 aliphatic heterocycles. The fourth-order valence-electron chi connectivity index (χ4n) is 1.14. The van der Waals surface area contributed by atoms with Crippen LogP contribution in [0.25, 0.3) is 0 Å². The van der Waals surface area contributed by atoms with E-state index in [0.29, 0.717) is 6.54 Å². The second-order valence-electron chi connectivity index (χ2n) is 5.00. The van der Waals surface area contributed by atoms with Gasteiger partial charge >= 0.3 is 6.18 Å². The van der Waals surface area contributed by atoms with Crippen LogP contribution >= 0.6 is 0 Å². The van der Waals surface area contributed by atoms with Gasteiger partial charge in [-0.05, 0) is 34.2 Å². The zero-order chi connectivity index (χ0) is 13.0. The Kier molecular flexibility index (Phi) is 5.76. The van der Waals surface area contributed by atoms with E-state index in [2.05, 4.69) is 12.2 Å². The summed E-state index contributed by atoms with van der Waals surface area (Å²) in [5.41, 5.74) is -0.0205. The van der Waals surface area contributed by atoms with E-state index in [-0.39, 0.29) is 11.6 Å². The van der Waals surface area contributed by atoms with Crippen LogP contribution in [0.3, 0.4) is 0 Å². The fraction of sp³-hybridized carbons (Fsp3) is 1.00. The molecule has 0 fully saturated rings. The lowest BCUT2D eigenvalue weighted by Crippen LogP contribution is -2.48. The van der Waals surface area contributed by atoms with Gasteiger partial charge in [-0.1, -0.05) is 6.92 Å². The lowest BCUT2D eigenvalue weighted by Gasteiger charge is -2.31. The lowest BCUT2D eigenvalue weighted by atomic mass is 10.0. The van der Waals surface area contributed by atoms with Crippen LogP contribution in [-0.4, -0.2) is 42.8 Å². The largest absolute Gasteiger partial charge is 0.401 e. The van der Waals surface area contributed by atoms with E-state index in [1.807, 2.05) is 13.8 Å². The first-order valence-corrected chi connectivity index (χ1v) is 5.59. The van der Waals surface area contributed by atoms with Crippen LogP contribution in [-0.2, 0) is 0 Å². The van der Waals surface area contributed by atoms with E-state index in [4.69, 9.17) is 0 Å². The number of alkyl halides is 3. The average molecular weight is 240 g/mol. The molecule has 0 spiro atoms. The third kappa shape index (κ3) is 7.06. The summed E-state index contributed by atoms with van der Waals surface area (Å²) in [6.45, 7) is 7.64. The van der Waals surface area contributed by atoms with Crippen molar-refractivity contribution in [2.24, 2.45) is 0 Å². The van der Waals surface area contributed by atoms with Crippen molar-refractivity contribution in [2.45, 2.75) is 51.9 Å². The normalized spacial score (nSPS) is 15.6. The Labute approximate surface area is 96.2 Å². The first kappa shape index (κ1) is 15.7. The second-order valence-corrected chi connectivity index (χ2v) is 5.00. The van der Waals surface area contributed by atoms with Crippen molar-refractivity contribution < 1.29 is 13.2 Å². The molecule has 1 unspecified atom stereocenters. The van der Waals surface area contributed by atoms with Crippen LogP contribution in [0, 0.1) is 0 Å². The van der Waals surface area contributed by atoms with Gasteiger partial charge in [-0.3, -0.25) is 4.90 Å². The quantitative estimate of drug-likeness (QED) is 0.768. The minimum absolute atomic E-state index is 0.0205. The maximum atomic E-state index is 12.1. The molecule has 0 aliphatic rings. The molecule has 0 aromatic heterocycles. The van der Waals surface area contributed by atoms with E-state index in [1.165, 1.54) is 11.9 Å². The van der Waals surface area contributed by atoms with E-state index >= 15 is 0 Å². The first-order chi connectivity index (χ1) is 7.07. The van der Waals surface area contributed by atoms with Crippen LogP contribution in [0.2, 0.25) is 0 Å². The topological polar surface area (TPSA) is 15.3 Å². The molecule has 0 saturated carbocycles. The minimum Gasteiger partial charge on any atom is -0.310 e. The summed E-state index contributed by atoms with van der Waals surface area (Å²) in [6.07, 6.45) is -3.17. The van der Waals surface area contributed by atoms with Gasteiger partial charge in [0.05, 0.1) is 6.54 Å². The monoisotopic (exact) mass is 240 g/mol. The Morgan fingerprint density at radius 3 is 2.12 bits per heavy atom. The molecule has 0 aliphatic carbocycles. The van der Waals surface area contributed by atoms with Crippen molar-refractivity contribution in [3.63, 3.8) is 0 Å². The summed E-state index contributed by atoms with van der Waals surface area (Å²) in [5.74, 6) is 0. The van der Waals surface area contributed by atoms with Gasteiger partial charge in [0.1, 0.15) is 0 Å². The number of likely N-dealkylation sites (N-methyl/N-ethyl adjacent to an activating group) is 1. The number of nitrogens with zero attached hydrogens (tertiary/aromatic N) is 1. The molecule has 0 saturated heterocycles. The minimum atomic E-state index is -4.12. The molecule has 2 nitrogen and oxygen atoms in total. The highest BCUT2D eigenvalue weighted by molar-refractivity contribution is 4.78. The van der Waals surface area contributed by atoms with Crippen LogP contribution in [0.15, 0.2) is 0 Å². The highest BCUT2D eigenvalue weighted by atomic mass is 19.4. The summed E-state index contributed by atoms with van der Waals surface area (Å²) in [6, 6.07) is -0.132. The number of hydrogen-bond donors (Lipinski definition) is 1. The van der Waals surface area contributed by atoms with Gasteiger partial charge in [-0.15, -0.1) is 0 Å². The number of nitrogens with one attached hydrogen (secondary N) is 1. The highest BCUT2D eigenvalue weighted by Crippen LogP contribution is 2.17. The maximum absolute atomic E-state index is 12.1. The standard InChI is InChI=1S/C11H23F3N2/c1-6-10(3,4)15-7-9(2)16(5)8-11(12,13)14/h9,15H,6-8H2,1-5H3. The van der Waals surface area contributed by atoms with Gasteiger partial charge in [0, 0.05) is 18.1 Å². The molecule has 1 N–H and O–H groups in total. The van der Waals surface area contributed by atoms with Gasteiger partial charge in [-0.25, -0.2) is 0 Å². The SMILES string of the molecule is CCC(C)(C)NCC(C)N(C)CC(F)(F)F. The van der Waals surface area contributed by atoms with Gasteiger partial charge in [0.25, 0.3) is 0 Å². The van der Waals surface area contributed by atoms with Crippen molar-refractivity contribution in [2.75, 3.05) is 20.1 Å². The number of rotatable bonds is 6. The average Bonchev–Trinajstić information content (AvgIpc) is 2.11. The van der Waals surface area contributed by atoms with E-state index in [9.17, 15) is 13.2 Å². The molecule has 1 atom stereocenters. The first-order valence-electron chi connectivity index (χ1n) is 5.59. The summed E-state index contributed by atoms with van der Waals surface area (Å²) in [5, 5.41) is 3.27. The van der Waals surface area contributed by atoms with Gasteiger partial charge in [-0.2, -0.15) is 13.2 Å². The van der Waals surface area contributed by atoms with Crippen LogP contribution in [0.1, 0.15) is 34.1 Å². The van der Waals surface area contributed by atoms with Crippen LogP contribution < -0.4 is 5.32 Å². The predicted octanol–water partition coefficient (Wildman–Crippen LogP) is 2.65. The lowest BCUT2D eigenvalue weighted by molar-refractivity contribution is -0.146. The third-order valence-electron chi connectivity index (χ3n) is 2.94. The zero-order valence-electron chi connectivity index (χ0n) is 10.8. The van der Waals surface area contributed by atoms with E-state index in [0.717, 1.165) is 6.42 Å². The van der Waals surface area contributed by atoms with Gasteiger partial charge in [0.2, 0.25) is 0 Å². The van der Waals surface area contributed by atoms with Crippen LogP contribution in [0.5, 0.6) is 0 Å². The molecule has 0 amide bonds.